The van der Waals surface area contributed by atoms with Gasteiger partial charge in [-0.15, -0.1) is 0 Å². The molecule has 0 unspecified atom stereocenters. The zero-order valence-electron chi connectivity index (χ0n) is 15.9. The molecule has 3 rings (SSSR count). The van der Waals surface area contributed by atoms with Crippen molar-refractivity contribution in [1.29, 1.82) is 0 Å². The van der Waals surface area contributed by atoms with Crippen molar-refractivity contribution < 1.29 is 14.4 Å². The quantitative estimate of drug-likeness (QED) is 0.759. The van der Waals surface area contributed by atoms with E-state index in [0.717, 1.165) is 34.0 Å². The van der Waals surface area contributed by atoms with Crippen molar-refractivity contribution in [1.82, 2.24) is 10.2 Å². The van der Waals surface area contributed by atoms with Crippen LogP contribution in [0.4, 0.5) is 4.79 Å². The minimum Gasteiger partial charge on any atom is -0.354 e. The van der Waals surface area contributed by atoms with E-state index in [0.29, 0.717) is 4.91 Å². The monoisotopic (exact) mass is 394 g/mol. The van der Waals surface area contributed by atoms with Crippen molar-refractivity contribution in [2.75, 3.05) is 13.1 Å². The summed E-state index contributed by atoms with van der Waals surface area (Å²) in [4.78, 5) is 38.3. The number of carbonyl (C=O) groups is 3. The molecule has 0 bridgehead atoms. The summed E-state index contributed by atoms with van der Waals surface area (Å²) in [6.07, 6.45) is 2.00. The van der Waals surface area contributed by atoms with Crippen LogP contribution in [-0.2, 0) is 16.0 Å². The normalized spacial score (nSPS) is 15.4. The fourth-order valence-electron chi connectivity index (χ4n) is 2.77. The summed E-state index contributed by atoms with van der Waals surface area (Å²) in [5.74, 6) is -0.450. The van der Waals surface area contributed by atoms with Crippen LogP contribution in [0.2, 0.25) is 0 Å². The fourth-order valence-corrected chi connectivity index (χ4v) is 3.63. The van der Waals surface area contributed by atoms with Gasteiger partial charge in [0, 0.05) is 13.1 Å². The smallest absolute Gasteiger partial charge is 0.293 e. The molecule has 1 aliphatic rings. The van der Waals surface area contributed by atoms with Crippen molar-refractivity contribution in [3.05, 3.63) is 75.7 Å². The number of imide groups is 1. The van der Waals surface area contributed by atoms with Crippen LogP contribution < -0.4 is 5.32 Å². The van der Waals surface area contributed by atoms with Crippen molar-refractivity contribution >= 4 is 34.9 Å². The molecule has 144 valence electrons. The number of carbonyl (C=O) groups excluding carboxylic acids is 3. The molecular weight excluding hydrogens is 372 g/mol. The third-order valence-corrected chi connectivity index (χ3v) is 5.30. The molecule has 3 amide bonds. The van der Waals surface area contributed by atoms with Crippen LogP contribution in [0.25, 0.3) is 6.08 Å². The largest absolute Gasteiger partial charge is 0.354 e. The van der Waals surface area contributed by atoms with Crippen molar-refractivity contribution in [2.24, 2.45) is 0 Å². The molecule has 1 N–H and O–H groups in total. The fraction of sp³-hybridized carbons (Fsp3) is 0.227. The summed E-state index contributed by atoms with van der Waals surface area (Å²) in [6.45, 7) is 4.38. The molecule has 1 saturated heterocycles. The number of hydrogen-bond acceptors (Lipinski definition) is 4. The van der Waals surface area contributed by atoms with Gasteiger partial charge in [-0.1, -0.05) is 59.7 Å². The first kappa shape index (κ1) is 19.9. The lowest BCUT2D eigenvalue weighted by Crippen LogP contribution is -2.37. The average Bonchev–Trinajstić information content (AvgIpc) is 2.93. The number of rotatable bonds is 6. The highest BCUT2D eigenvalue weighted by Crippen LogP contribution is 2.31. The van der Waals surface area contributed by atoms with E-state index in [4.69, 9.17) is 0 Å². The van der Waals surface area contributed by atoms with E-state index < -0.39 is 0 Å². The maximum absolute atomic E-state index is 12.5. The van der Waals surface area contributed by atoms with Gasteiger partial charge in [0.1, 0.15) is 0 Å². The van der Waals surface area contributed by atoms with Gasteiger partial charge < -0.3 is 5.32 Å². The van der Waals surface area contributed by atoms with Gasteiger partial charge in [-0.05, 0) is 42.8 Å². The van der Waals surface area contributed by atoms with E-state index >= 15 is 0 Å². The Morgan fingerprint density at radius 2 is 1.61 bits per heavy atom. The molecule has 0 atom stereocenters. The van der Waals surface area contributed by atoms with E-state index in [2.05, 4.69) is 5.32 Å². The lowest BCUT2D eigenvalue weighted by Gasteiger charge is -2.13. The minimum absolute atomic E-state index is 0.133. The van der Waals surface area contributed by atoms with Crippen LogP contribution >= 0.6 is 11.8 Å². The van der Waals surface area contributed by atoms with Gasteiger partial charge in [-0.3, -0.25) is 19.3 Å². The van der Waals surface area contributed by atoms with Gasteiger partial charge in [-0.25, -0.2) is 0 Å². The van der Waals surface area contributed by atoms with Gasteiger partial charge in [0.15, 0.2) is 0 Å². The molecule has 6 heteroatoms. The zero-order valence-corrected chi connectivity index (χ0v) is 16.7. The Morgan fingerprint density at radius 3 is 2.25 bits per heavy atom. The van der Waals surface area contributed by atoms with E-state index in [9.17, 15) is 14.4 Å². The number of hydrogen-bond donors (Lipinski definition) is 1. The van der Waals surface area contributed by atoms with Crippen LogP contribution in [0.1, 0.15) is 22.3 Å². The van der Waals surface area contributed by atoms with Gasteiger partial charge in [0.25, 0.3) is 11.1 Å². The Morgan fingerprint density at radius 1 is 1.00 bits per heavy atom. The Balaban J connectivity index is 1.52. The third-order valence-electron chi connectivity index (χ3n) is 4.39. The van der Waals surface area contributed by atoms with Gasteiger partial charge in [0.05, 0.1) is 11.3 Å². The maximum Gasteiger partial charge on any atom is 0.293 e. The van der Waals surface area contributed by atoms with Crippen LogP contribution in [0.5, 0.6) is 0 Å². The zero-order chi connectivity index (χ0) is 20.1. The molecule has 0 spiro atoms. The third kappa shape index (κ3) is 5.10. The Kier molecular flexibility index (Phi) is 6.31. The number of thioether (sulfide) groups is 1. The molecule has 1 fully saturated rings. The molecule has 0 radical (unpaired) electrons. The number of nitrogens with one attached hydrogen (secondary N) is 1. The second-order valence-corrected chi connectivity index (χ2v) is 7.75. The van der Waals surface area contributed by atoms with Crippen molar-refractivity contribution in [2.45, 2.75) is 20.3 Å². The van der Waals surface area contributed by atoms with Gasteiger partial charge in [-0.2, -0.15) is 0 Å². The molecule has 0 aliphatic carbocycles. The van der Waals surface area contributed by atoms with E-state index in [1.807, 2.05) is 62.4 Å². The lowest BCUT2D eigenvalue weighted by molar-refractivity contribution is -0.124. The standard InChI is InChI=1S/C22H22N2O3S/c1-15-3-7-17(8-4-15)13-19-21(26)24(22(27)28-19)12-11-23-20(25)14-18-9-5-16(2)6-10-18/h3-10,13H,11-12,14H2,1-2H3,(H,23,25)/b19-13+. The molecule has 28 heavy (non-hydrogen) atoms. The number of benzene rings is 2. The first-order valence-electron chi connectivity index (χ1n) is 9.06. The van der Waals surface area contributed by atoms with Gasteiger partial charge in [0.2, 0.25) is 5.91 Å². The van der Waals surface area contributed by atoms with Crippen LogP contribution in [0.15, 0.2) is 53.4 Å². The van der Waals surface area contributed by atoms with E-state index in [1.165, 1.54) is 4.90 Å². The maximum atomic E-state index is 12.5. The molecule has 1 heterocycles. The second-order valence-electron chi connectivity index (χ2n) is 6.76. The van der Waals surface area contributed by atoms with Gasteiger partial charge >= 0.3 is 0 Å². The predicted octanol–water partition coefficient (Wildman–Crippen LogP) is 3.70. The molecule has 1 aliphatic heterocycles. The topological polar surface area (TPSA) is 66.5 Å². The van der Waals surface area contributed by atoms with E-state index in [1.54, 1.807) is 6.08 Å². The Hall–Kier alpha value is -2.86. The summed E-state index contributed by atoms with van der Waals surface area (Å²) in [7, 11) is 0. The highest BCUT2D eigenvalue weighted by molar-refractivity contribution is 8.18. The van der Waals surface area contributed by atoms with Crippen LogP contribution in [-0.4, -0.2) is 35.0 Å². The predicted molar refractivity (Wildman–Crippen MR) is 112 cm³/mol. The Labute approximate surface area is 168 Å². The summed E-state index contributed by atoms with van der Waals surface area (Å²) in [5, 5.41) is 2.46. The number of nitrogens with zero attached hydrogens (tertiary/aromatic N) is 1. The summed E-state index contributed by atoms with van der Waals surface area (Å²) >= 11 is 0.929. The molecule has 0 aromatic heterocycles. The highest BCUT2D eigenvalue weighted by atomic mass is 32.2. The SMILES string of the molecule is Cc1ccc(/C=C2/SC(=O)N(CCNC(=O)Cc3ccc(C)cc3)C2=O)cc1. The summed E-state index contributed by atoms with van der Waals surface area (Å²) in [5.41, 5.74) is 4.08. The van der Waals surface area contributed by atoms with Crippen molar-refractivity contribution in [3.63, 3.8) is 0 Å². The molecule has 2 aromatic carbocycles. The van der Waals surface area contributed by atoms with Crippen molar-refractivity contribution in [3.8, 4) is 0 Å². The first-order valence-corrected chi connectivity index (χ1v) is 9.88. The second kappa shape index (κ2) is 8.89. The summed E-state index contributed by atoms with van der Waals surface area (Å²) < 4.78 is 0. The van der Waals surface area contributed by atoms with E-state index in [-0.39, 0.29) is 36.6 Å². The minimum atomic E-state index is -0.316. The Bertz CT molecular complexity index is 918. The van der Waals surface area contributed by atoms with Crippen LogP contribution in [0.3, 0.4) is 0 Å². The molecule has 0 saturated carbocycles. The highest BCUT2D eigenvalue weighted by Gasteiger charge is 2.34. The molecular formula is C22H22N2O3S. The lowest BCUT2D eigenvalue weighted by atomic mass is 10.1. The van der Waals surface area contributed by atoms with Crippen LogP contribution in [0, 0.1) is 13.8 Å². The average molecular weight is 394 g/mol. The molecule has 2 aromatic rings. The number of aryl methyl sites for hydroxylation is 2. The summed E-state index contributed by atoms with van der Waals surface area (Å²) in [6, 6.07) is 15.5. The number of amides is 3. The first-order chi connectivity index (χ1) is 13.4. The molecule has 5 nitrogen and oxygen atoms in total.